The molecule has 1 unspecified atom stereocenters. The number of aromatic carboxylic acids is 1. The summed E-state index contributed by atoms with van der Waals surface area (Å²) in [6.07, 6.45) is 0. The van der Waals surface area contributed by atoms with Gasteiger partial charge in [-0.1, -0.05) is 5.16 Å². The van der Waals surface area contributed by atoms with Crippen LogP contribution in [0.15, 0.2) is 21.1 Å². The molecule has 0 aromatic carbocycles. The third kappa shape index (κ3) is 2.56. The minimum atomic E-state index is -1.22. The van der Waals surface area contributed by atoms with Crippen LogP contribution in [0.3, 0.4) is 0 Å². The molecule has 1 atom stereocenters. The monoisotopic (exact) mass is 278 g/mol. The average molecular weight is 278 g/mol. The van der Waals surface area contributed by atoms with Gasteiger partial charge in [-0.05, 0) is 32.9 Å². The second kappa shape index (κ2) is 5.20. The minimum absolute atomic E-state index is 0.0546. The molecule has 106 valence electrons. The molecule has 0 aliphatic heterocycles. The summed E-state index contributed by atoms with van der Waals surface area (Å²) < 4.78 is 9.97. The smallest absolute Gasteiger partial charge is 0.371 e. The van der Waals surface area contributed by atoms with Crippen molar-refractivity contribution >= 4 is 11.9 Å². The van der Waals surface area contributed by atoms with Crippen molar-refractivity contribution in [1.29, 1.82) is 0 Å². The zero-order valence-corrected chi connectivity index (χ0v) is 11.3. The molecule has 0 spiro atoms. The number of aromatic nitrogens is 1. The molecular formula is C13H14N2O5. The first-order valence-electron chi connectivity index (χ1n) is 5.97. The molecule has 0 saturated carbocycles. The zero-order valence-electron chi connectivity index (χ0n) is 11.3. The number of carboxylic acid groups (broad SMARTS) is 1. The first kappa shape index (κ1) is 13.9. The van der Waals surface area contributed by atoms with Crippen LogP contribution in [-0.2, 0) is 0 Å². The van der Waals surface area contributed by atoms with Gasteiger partial charge in [0.15, 0.2) is 5.76 Å². The molecule has 0 aliphatic carbocycles. The Hall–Kier alpha value is -2.57. The van der Waals surface area contributed by atoms with Crippen molar-refractivity contribution in [2.45, 2.75) is 26.8 Å². The van der Waals surface area contributed by atoms with Crippen LogP contribution in [0.4, 0.5) is 0 Å². The molecule has 2 heterocycles. The molecule has 7 nitrogen and oxygen atoms in total. The van der Waals surface area contributed by atoms with Gasteiger partial charge < -0.3 is 19.4 Å². The van der Waals surface area contributed by atoms with Crippen molar-refractivity contribution < 1.29 is 23.6 Å². The lowest BCUT2D eigenvalue weighted by Gasteiger charge is -2.12. The number of carbonyl (C=O) groups excluding carboxylic acids is 1. The molecule has 20 heavy (non-hydrogen) atoms. The lowest BCUT2D eigenvalue weighted by molar-refractivity contribution is 0.0659. The summed E-state index contributed by atoms with van der Waals surface area (Å²) in [6, 6.07) is 2.23. The molecule has 0 bridgehead atoms. The first-order chi connectivity index (χ1) is 9.40. The van der Waals surface area contributed by atoms with Crippen LogP contribution in [0.25, 0.3) is 0 Å². The summed E-state index contributed by atoms with van der Waals surface area (Å²) in [5.41, 5.74) is 1.49. The number of nitrogens with one attached hydrogen (secondary N) is 1. The van der Waals surface area contributed by atoms with Gasteiger partial charge >= 0.3 is 5.97 Å². The number of rotatable bonds is 4. The number of aryl methyl sites for hydroxylation is 2. The van der Waals surface area contributed by atoms with Crippen LogP contribution in [-0.4, -0.2) is 22.1 Å². The summed E-state index contributed by atoms with van der Waals surface area (Å²) in [5, 5.41) is 15.3. The molecule has 2 aromatic heterocycles. The Balaban J connectivity index is 2.13. The molecule has 0 saturated heterocycles. The Labute approximate surface area is 114 Å². The van der Waals surface area contributed by atoms with Gasteiger partial charge in [-0.15, -0.1) is 0 Å². The van der Waals surface area contributed by atoms with E-state index in [9.17, 15) is 9.59 Å². The van der Waals surface area contributed by atoms with Crippen molar-refractivity contribution in [3.63, 3.8) is 0 Å². The number of hydrogen-bond donors (Lipinski definition) is 2. The van der Waals surface area contributed by atoms with Gasteiger partial charge in [0.1, 0.15) is 5.76 Å². The Morgan fingerprint density at radius 1 is 1.30 bits per heavy atom. The third-order valence-corrected chi connectivity index (χ3v) is 2.91. The van der Waals surface area contributed by atoms with Crippen molar-refractivity contribution in [1.82, 2.24) is 10.5 Å². The summed E-state index contributed by atoms with van der Waals surface area (Å²) >= 11 is 0. The molecule has 0 fully saturated rings. The van der Waals surface area contributed by atoms with Gasteiger partial charge in [0.2, 0.25) is 5.76 Å². The standard InChI is InChI=1S/C13H14N2O5/c1-6(11-7(2)15-20-8(11)3)14-12(16)9-4-5-10(19-9)13(17)18/h4-6H,1-3H3,(H,14,16)(H,17,18). The van der Waals surface area contributed by atoms with E-state index in [1.807, 2.05) is 0 Å². The van der Waals surface area contributed by atoms with Crippen LogP contribution < -0.4 is 5.32 Å². The van der Waals surface area contributed by atoms with E-state index >= 15 is 0 Å². The minimum Gasteiger partial charge on any atom is -0.475 e. The number of nitrogens with zero attached hydrogens (tertiary/aromatic N) is 1. The molecule has 2 aromatic rings. The maximum absolute atomic E-state index is 12.0. The summed E-state index contributed by atoms with van der Waals surface area (Å²) in [6.45, 7) is 5.32. The second-order valence-electron chi connectivity index (χ2n) is 4.40. The number of hydrogen-bond acceptors (Lipinski definition) is 5. The SMILES string of the molecule is Cc1noc(C)c1C(C)NC(=O)c1ccc(C(=O)O)o1. The van der Waals surface area contributed by atoms with Gasteiger partial charge in [-0.25, -0.2) is 4.79 Å². The maximum Gasteiger partial charge on any atom is 0.371 e. The highest BCUT2D eigenvalue weighted by molar-refractivity contribution is 5.93. The fourth-order valence-corrected chi connectivity index (χ4v) is 2.02. The van der Waals surface area contributed by atoms with E-state index in [2.05, 4.69) is 10.5 Å². The molecule has 2 rings (SSSR count). The average Bonchev–Trinajstić information content (AvgIpc) is 2.96. The predicted octanol–water partition coefficient (Wildman–Crippen LogP) is 2.07. The van der Waals surface area contributed by atoms with Gasteiger partial charge in [0.25, 0.3) is 5.91 Å². The first-order valence-corrected chi connectivity index (χ1v) is 5.97. The summed E-state index contributed by atoms with van der Waals surface area (Å²) in [7, 11) is 0. The van der Waals surface area contributed by atoms with Crippen molar-refractivity contribution in [3.05, 3.63) is 40.7 Å². The molecule has 0 radical (unpaired) electrons. The lowest BCUT2D eigenvalue weighted by Crippen LogP contribution is -2.26. The fourth-order valence-electron chi connectivity index (χ4n) is 2.02. The van der Waals surface area contributed by atoms with Crippen molar-refractivity contribution in [2.24, 2.45) is 0 Å². The number of amides is 1. The Morgan fingerprint density at radius 3 is 2.45 bits per heavy atom. The highest BCUT2D eigenvalue weighted by Crippen LogP contribution is 2.21. The van der Waals surface area contributed by atoms with Gasteiger partial charge in [-0.3, -0.25) is 4.79 Å². The van der Waals surface area contributed by atoms with E-state index in [1.165, 1.54) is 12.1 Å². The topological polar surface area (TPSA) is 106 Å². The van der Waals surface area contributed by atoms with E-state index < -0.39 is 11.9 Å². The second-order valence-corrected chi connectivity index (χ2v) is 4.40. The van der Waals surface area contributed by atoms with Gasteiger partial charge in [-0.2, -0.15) is 0 Å². The van der Waals surface area contributed by atoms with E-state index in [1.54, 1.807) is 20.8 Å². The third-order valence-electron chi connectivity index (χ3n) is 2.91. The quantitative estimate of drug-likeness (QED) is 0.886. The van der Waals surface area contributed by atoms with Crippen molar-refractivity contribution in [3.8, 4) is 0 Å². The van der Waals surface area contributed by atoms with Gasteiger partial charge in [0.05, 0.1) is 11.7 Å². The number of furan rings is 1. The Kier molecular flexibility index (Phi) is 3.60. The van der Waals surface area contributed by atoms with Crippen LogP contribution >= 0.6 is 0 Å². The summed E-state index contributed by atoms with van der Waals surface area (Å²) in [5.74, 6) is -1.42. The Bertz CT molecular complexity index is 636. The normalized spacial score (nSPS) is 12.2. The molecular weight excluding hydrogens is 264 g/mol. The molecule has 0 aliphatic rings. The predicted molar refractivity (Wildman–Crippen MR) is 67.5 cm³/mol. The number of carboxylic acids is 1. The largest absolute Gasteiger partial charge is 0.475 e. The maximum atomic E-state index is 12.0. The summed E-state index contributed by atoms with van der Waals surface area (Å²) in [4.78, 5) is 22.6. The van der Waals surface area contributed by atoms with E-state index in [-0.39, 0.29) is 17.6 Å². The van der Waals surface area contributed by atoms with E-state index in [0.717, 1.165) is 5.56 Å². The zero-order chi connectivity index (χ0) is 14.9. The van der Waals surface area contributed by atoms with Crippen LogP contribution in [0.2, 0.25) is 0 Å². The van der Waals surface area contributed by atoms with Gasteiger partial charge in [0, 0.05) is 5.56 Å². The Morgan fingerprint density at radius 2 is 1.95 bits per heavy atom. The molecule has 1 amide bonds. The molecule has 2 N–H and O–H groups in total. The van der Waals surface area contributed by atoms with Crippen LogP contribution in [0.1, 0.15) is 51.1 Å². The van der Waals surface area contributed by atoms with E-state index in [0.29, 0.717) is 11.5 Å². The fraction of sp³-hybridized carbons (Fsp3) is 0.308. The number of carbonyl (C=O) groups is 2. The highest BCUT2D eigenvalue weighted by Gasteiger charge is 2.21. The van der Waals surface area contributed by atoms with Crippen LogP contribution in [0, 0.1) is 13.8 Å². The van der Waals surface area contributed by atoms with Crippen LogP contribution in [0.5, 0.6) is 0 Å². The van der Waals surface area contributed by atoms with E-state index in [4.69, 9.17) is 14.0 Å². The molecule has 7 heteroatoms. The lowest BCUT2D eigenvalue weighted by atomic mass is 10.1. The van der Waals surface area contributed by atoms with Crippen molar-refractivity contribution in [2.75, 3.05) is 0 Å². The highest BCUT2D eigenvalue weighted by atomic mass is 16.5.